The number of ether oxygens (including phenoxy) is 1. The fraction of sp³-hybridized carbons (Fsp3) is 0.167. The number of methoxy groups -OCH3 is 1. The van der Waals surface area contributed by atoms with E-state index in [1.54, 1.807) is 43.1 Å². The summed E-state index contributed by atoms with van der Waals surface area (Å²) >= 11 is 1.56. The van der Waals surface area contributed by atoms with Gasteiger partial charge in [-0.05, 0) is 49.4 Å². The van der Waals surface area contributed by atoms with Gasteiger partial charge < -0.3 is 10.1 Å². The number of benzene rings is 3. The molecule has 3 aromatic carbocycles. The Labute approximate surface area is 180 Å². The molecule has 6 heteroatoms. The van der Waals surface area contributed by atoms with E-state index in [2.05, 4.69) is 5.32 Å². The lowest BCUT2D eigenvalue weighted by atomic mass is 10.1. The first-order chi connectivity index (χ1) is 14.6. The van der Waals surface area contributed by atoms with Gasteiger partial charge in [-0.25, -0.2) is 0 Å². The van der Waals surface area contributed by atoms with Crippen molar-refractivity contribution >= 4 is 35.0 Å². The molecule has 1 aliphatic rings. The summed E-state index contributed by atoms with van der Waals surface area (Å²) in [5.74, 6) is 0.951. The molecule has 0 bridgehead atoms. The van der Waals surface area contributed by atoms with Crippen LogP contribution in [0.25, 0.3) is 0 Å². The van der Waals surface area contributed by atoms with Crippen molar-refractivity contribution in [3.05, 3.63) is 89.5 Å². The van der Waals surface area contributed by atoms with Gasteiger partial charge in [0.25, 0.3) is 5.91 Å². The lowest BCUT2D eigenvalue weighted by Gasteiger charge is -2.26. The maximum absolute atomic E-state index is 12.8. The third-order valence-electron chi connectivity index (χ3n) is 5.01. The van der Waals surface area contributed by atoms with Crippen molar-refractivity contribution in [3.63, 3.8) is 0 Å². The largest absolute Gasteiger partial charge is 0.497 e. The number of carbonyl (C=O) groups excluding carboxylic acids is 2. The second-order valence-corrected chi connectivity index (χ2v) is 8.10. The number of thioether (sulfide) groups is 1. The van der Waals surface area contributed by atoms with Gasteiger partial charge in [0.2, 0.25) is 5.91 Å². The molecular formula is C24H22N2O3S. The predicted molar refractivity (Wildman–Crippen MR) is 121 cm³/mol. The first kappa shape index (κ1) is 20.0. The zero-order valence-electron chi connectivity index (χ0n) is 16.8. The van der Waals surface area contributed by atoms with Gasteiger partial charge in [-0.2, -0.15) is 0 Å². The van der Waals surface area contributed by atoms with Crippen LogP contribution in [-0.2, 0) is 4.79 Å². The number of nitrogens with zero attached hydrogens (tertiary/aromatic N) is 1. The highest BCUT2D eigenvalue weighted by Gasteiger charge is 2.35. The average Bonchev–Trinajstić information content (AvgIpc) is 3.16. The maximum atomic E-state index is 12.8. The van der Waals surface area contributed by atoms with E-state index in [4.69, 9.17) is 4.74 Å². The lowest BCUT2D eigenvalue weighted by molar-refractivity contribution is -0.115. The van der Waals surface area contributed by atoms with Gasteiger partial charge in [0.15, 0.2) is 0 Å². The minimum Gasteiger partial charge on any atom is -0.497 e. The number of para-hydroxylation sites is 1. The van der Waals surface area contributed by atoms with Gasteiger partial charge in [0.1, 0.15) is 11.1 Å². The zero-order valence-corrected chi connectivity index (χ0v) is 17.6. The number of nitrogens with one attached hydrogen (secondary N) is 1. The Kier molecular flexibility index (Phi) is 5.77. The Morgan fingerprint density at radius 3 is 2.43 bits per heavy atom. The molecule has 1 N–H and O–H groups in total. The molecule has 0 radical (unpaired) electrons. The molecule has 0 aliphatic carbocycles. The number of rotatable bonds is 5. The van der Waals surface area contributed by atoms with Crippen molar-refractivity contribution < 1.29 is 14.3 Å². The highest BCUT2D eigenvalue weighted by atomic mass is 32.2. The summed E-state index contributed by atoms with van der Waals surface area (Å²) in [6, 6.07) is 22.5. The normalized spacial score (nSPS) is 15.9. The third kappa shape index (κ3) is 4.04. The molecule has 30 heavy (non-hydrogen) atoms. The highest BCUT2D eigenvalue weighted by molar-refractivity contribution is 8.00. The van der Waals surface area contributed by atoms with E-state index in [9.17, 15) is 9.59 Å². The Morgan fingerprint density at radius 1 is 1.03 bits per heavy atom. The van der Waals surface area contributed by atoms with Crippen LogP contribution in [0.2, 0.25) is 0 Å². The van der Waals surface area contributed by atoms with E-state index in [0.717, 1.165) is 16.8 Å². The van der Waals surface area contributed by atoms with Gasteiger partial charge in [0.05, 0.1) is 12.9 Å². The first-order valence-corrected chi connectivity index (χ1v) is 10.7. The molecule has 4 rings (SSSR count). The average molecular weight is 419 g/mol. The number of aryl methyl sites for hydroxylation is 1. The molecule has 0 aromatic heterocycles. The summed E-state index contributed by atoms with van der Waals surface area (Å²) in [5.41, 5.74) is 4.13. The molecular weight excluding hydrogens is 396 g/mol. The molecule has 3 aromatic rings. The fourth-order valence-corrected chi connectivity index (χ4v) is 4.61. The summed E-state index contributed by atoms with van der Waals surface area (Å²) in [4.78, 5) is 27.3. The summed E-state index contributed by atoms with van der Waals surface area (Å²) in [7, 11) is 1.59. The summed E-state index contributed by atoms with van der Waals surface area (Å²) in [5, 5.41) is 2.80. The Hall–Kier alpha value is -3.25. The smallest absolute Gasteiger partial charge is 0.255 e. The minimum atomic E-state index is -0.207. The van der Waals surface area contributed by atoms with E-state index in [1.807, 2.05) is 60.4 Å². The van der Waals surface area contributed by atoms with Crippen LogP contribution >= 0.6 is 11.8 Å². The van der Waals surface area contributed by atoms with Crippen molar-refractivity contribution in [1.29, 1.82) is 0 Å². The van der Waals surface area contributed by atoms with Crippen LogP contribution < -0.4 is 15.0 Å². The van der Waals surface area contributed by atoms with Crippen molar-refractivity contribution in [3.8, 4) is 5.75 Å². The summed E-state index contributed by atoms with van der Waals surface area (Å²) < 4.78 is 5.15. The van der Waals surface area contributed by atoms with Crippen molar-refractivity contribution in [2.24, 2.45) is 0 Å². The minimum absolute atomic E-state index is 0.0603. The molecule has 1 aliphatic heterocycles. The quantitative estimate of drug-likeness (QED) is 0.631. The van der Waals surface area contributed by atoms with E-state index in [-0.39, 0.29) is 17.2 Å². The molecule has 1 fully saturated rings. The number of anilines is 2. The zero-order chi connectivity index (χ0) is 21.1. The molecule has 0 saturated carbocycles. The molecule has 1 saturated heterocycles. The molecule has 152 valence electrons. The van der Waals surface area contributed by atoms with Crippen molar-refractivity contribution in [2.45, 2.75) is 12.3 Å². The second kappa shape index (κ2) is 8.63. The fourth-order valence-electron chi connectivity index (χ4n) is 3.40. The SMILES string of the molecule is COc1ccc(C(=O)Nc2ccccc2[C@@H]2SCC(=O)N2c2ccc(C)cc2)cc1. The Bertz CT molecular complexity index is 1060. The van der Waals surface area contributed by atoms with Gasteiger partial charge in [-0.1, -0.05) is 35.9 Å². The van der Waals surface area contributed by atoms with Crippen molar-refractivity contribution in [2.75, 3.05) is 23.1 Å². The van der Waals surface area contributed by atoms with Crippen LogP contribution in [0.15, 0.2) is 72.8 Å². The Balaban J connectivity index is 1.62. The van der Waals surface area contributed by atoms with Crippen LogP contribution in [0, 0.1) is 6.92 Å². The van der Waals surface area contributed by atoms with Crippen LogP contribution in [0.3, 0.4) is 0 Å². The van der Waals surface area contributed by atoms with Crippen LogP contribution in [0.1, 0.15) is 26.9 Å². The third-order valence-corrected chi connectivity index (χ3v) is 6.20. The molecule has 2 amide bonds. The monoisotopic (exact) mass is 418 g/mol. The van der Waals surface area contributed by atoms with Crippen molar-refractivity contribution in [1.82, 2.24) is 0 Å². The van der Waals surface area contributed by atoms with Gasteiger partial charge in [-0.3, -0.25) is 14.5 Å². The van der Waals surface area contributed by atoms with Gasteiger partial charge in [0, 0.05) is 22.5 Å². The van der Waals surface area contributed by atoms with E-state index >= 15 is 0 Å². The molecule has 1 atom stereocenters. The van der Waals surface area contributed by atoms with Crippen LogP contribution in [0.5, 0.6) is 5.75 Å². The standard InChI is InChI=1S/C24H22N2O3S/c1-16-7-11-18(12-8-16)26-22(27)15-30-24(26)20-5-3-4-6-21(20)25-23(28)17-9-13-19(29-2)14-10-17/h3-14,24H,15H2,1-2H3,(H,25,28)/t24-/m0/s1. The van der Waals surface area contributed by atoms with E-state index in [1.165, 1.54) is 0 Å². The van der Waals surface area contributed by atoms with Gasteiger partial charge >= 0.3 is 0 Å². The van der Waals surface area contributed by atoms with Crippen LogP contribution in [-0.4, -0.2) is 24.7 Å². The first-order valence-electron chi connectivity index (χ1n) is 9.61. The summed E-state index contributed by atoms with van der Waals surface area (Å²) in [6.07, 6.45) is 0. The lowest BCUT2D eigenvalue weighted by Crippen LogP contribution is -2.28. The molecule has 5 nitrogen and oxygen atoms in total. The maximum Gasteiger partial charge on any atom is 0.255 e. The summed E-state index contributed by atoms with van der Waals surface area (Å²) in [6.45, 7) is 2.02. The highest BCUT2D eigenvalue weighted by Crippen LogP contribution is 2.44. The van der Waals surface area contributed by atoms with Crippen LogP contribution in [0.4, 0.5) is 11.4 Å². The van der Waals surface area contributed by atoms with E-state index < -0.39 is 0 Å². The number of hydrogen-bond acceptors (Lipinski definition) is 4. The second-order valence-electron chi connectivity index (χ2n) is 7.03. The number of hydrogen-bond donors (Lipinski definition) is 1. The Morgan fingerprint density at radius 2 is 1.73 bits per heavy atom. The van der Waals surface area contributed by atoms with Gasteiger partial charge in [-0.15, -0.1) is 11.8 Å². The molecule has 0 unspecified atom stereocenters. The van der Waals surface area contributed by atoms with E-state index in [0.29, 0.717) is 22.8 Å². The predicted octanol–water partition coefficient (Wildman–Crippen LogP) is 5.03. The molecule has 0 spiro atoms. The number of carbonyl (C=O) groups is 2. The molecule has 1 heterocycles. The number of amides is 2. The topological polar surface area (TPSA) is 58.6 Å².